The summed E-state index contributed by atoms with van der Waals surface area (Å²) in [5.41, 5.74) is 8.38. The Bertz CT molecular complexity index is 617. The molecule has 0 radical (unpaired) electrons. The van der Waals surface area contributed by atoms with Crippen LogP contribution in [0.15, 0.2) is 18.2 Å². The normalized spacial score (nSPS) is 18.4. The Morgan fingerprint density at radius 3 is 2.90 bits per heavy atom. The van der Waals surface area contributed by atoms with Crippen molar-refractivity contribution in [1.29, 1.82) is 0 Å². The number of hydrogen-bond donors (Lipinski definition) is 2. The molecule has 3 N–H and O–H groups in total. The van der Waals surface area contributed by atoms with Crippen molar-refractivity contribution in [1.82, 2.24) is 9.97 Å². The lowest BCUT2D eigenvalue weighted by Gasteiger charge is -2.20. The second kappa shape index (κ2) is 5.95. The molecule has 3 rings (SSSR count). The van der Waals surface area contributed by atoms with Gasteiger partial charge < -0.3 is 10.7 Å². The lowest BCUT2D eigenvalue weighted by Crippen LogP contribution is -2.21. The number of anilines is 1. The molecular formula is C15H21N3OS. The van der Waals surface area contributed by atoms with Crippen LogP contribution < -0.4 is 5.73 Å². The zero-order valence-electron chi connectivity index (χ0n) is 11.6. The summed E-state index contributed by atoms with van der Waals surface area (Å²) in [6.07, 6.45) is 6.78. The first-order valence-corrected chi connectivity index (χ1v) is 8.72. The third-order valence-corrected chi connectivity index (χ3v) is 5.84. The Morgan fingerprint density at radius 1 is 1.30 bits per heavy atom. The van der Waals surface area contributed by atoms with Crippen molar-refractivity contribution in [2.45, 2.75) is 43.8 Å². The van der Waals surface area contributed by atoms with Crippen LogP contribution in [0.1, 0.15) is 37.9 Å². The molecule has 5 heteroatoms. The van der Waals surface area contributed by atoms with Gasteiger partial charge in [0, 0.05) is 33.9 Å². The molecule has 1 aromatic heterocycles. The first kappa shape index (κ1) is 13.6. The fraction of sp³-hybridized carbons (Fsp3) is 0.533. The second-order valence-corrected chi connectivity index (χ2v) is 7.39. The van der Waals surface area contributed by atoms with E-state index >= 15 is 0 Å². The lowest BCUT2D eigenvalue weighted by atomic mass is 10.0. The number of fused-ring (bicyclic) bond motifs is 1. The minimum Gasteiger partial charge on any atom is -0.399 e. The third kappa shape index (κ3) is 3.03. The maximum absolute atomic E-state index is 12.3. The maximum Gasteiger partial charge on any atom is 0.108 e. The molecule has 1 fully saturated rings. The van der Waals surface area contributed by atoms with Gasteiger partial charge >= 0.3 is 0 Å². The molecule has 2 aromatic rings. The molecule has 0 spiro atoms. The van der Waals surface area contributed by atoms with E-state index in [0.29, 0.717) is 11.0 Å². The average molecular weight is 291 g/mol. The lowest BCUT2D eigenvalue weighted by molar-refractivity contribution is 0.504. The van der Waals surface area contributed by atoms with E-state index in [1.165, 1.54) is 19.3 Å². The van der Waals surface area contributed by atoms with Gasteiger partial charge in [0.05, 0.1) is 11.0 Å². The predicted octanol–water partition coefficient (Wildman–Crippen LogP) is 2.77. The van der Waals surface area contributed by atoms with Gasteiger partial charge in [-0.05, 0) is 31.0 Å². The Kier molecular flexibility index (Phi) is 4.05. The van der Waals surface area contributed by atoms with Crippen molar-refractivity contribution >= 4 is 27.5 Å². The van der Waals surface area contributed by atoms with Gasteiger partial charge in [0.15, 0.2) is 0 Å². The number of aromatic amines is 1. The van der Waals surface area contributed by atoms with Crippen LogP contribution in [-0.4, -0.2) is 25.2 Å². The average Bonchev–Trinajstić information content (AvgIpc) is 2.87. The minimum absolute atomic E-state index is 0.406. The van der Waals surface area contributed by atoms with Crippen LogP contribution in [0.5, 0.6) is 0 Å². The molecule has 0 aliphatic heterocycles. The van der Waals surface area contributed by atoms with Crippen molar-refractivity contribution in [3.05, 3.63) is 24.0 Å². The summed E-state index contributed by atoms with van der Waals surface area (Å²) >= 11 is 0. The van der Waals surface area contributed by atoms with E-state index in [0.717, 1.165) is 41.8 Å². The number of imidazole rings is 1. The van der Waals surface area contributed by atoms with Crippen LogP contribution >= 0.6 is 0 Å². The number of nitrogens with one attached hydrogen (secondary N) is 1. The summed E-state index contributed by atoms with van der Waals surface area (Å²) in [7, 11) is -0.718. The Labute approximate surface area is 121 Å². The Morgan fingerprint density at radius 2 is 2.10 bits per heavy atom. The molecule has 1 heterocycles. The first-order chi connectivity index (χ1) is 9.72. The Balaban J connectivity index is 1.63. The van der Waals surface area contributed by atoms with Crippen LogP contribution in [0.3, 0.4) is 0 Å². The topological polar surface area (TPSA) is 71.8 Å². The van der Waals surface area contributed by atoms with Gasteiger partial charge in [0.25, 0.3) is 0 Å². The highest BCUT2D eigenvalue weighted by atomic mass is 32.2. The molecule has 1 atom stereocenters. The fourth-order valence-corrected chi connectivity index (χ4v) is 4.48. The summed E-state index contributed by atoms with van der Waals surface area (Å²) in [6.45, 7) is 0. The van der Waals surface area contributed by atoms with Crippen molar-refractivity contribution in [3.63, 3.8) is 0 Å². The van der Waals surface area contributed by atoms with Gasteiger partial charge in [-0.1, -0.05) is 19.3 Å². The molecule has 1 unspecified atom stereocenters. The Hall–Kier alpha value is -1.36. The van der Waals surface area contributed by atoms with Crippen LogP contribution in [-0.2, 0) is 17.2 Å². The minimum atomic E-state index is -0.718. The van der Waals surface area contributed by atoms with E-state index in [-0.39, 0.29) is 0 Å². The predicted molar refractivity (Wildman–Crippen MR) is 84.1 cm³/mol. The van der Waals surface area contributed by atoms with E-state index in [1.54, 1.807) is 0 Å². The second-order valence-electron chi connectivity index (χ2n) is 5.55. The van der Waals surface area contributed by atoms with Gasteiger partial charge in [-0.15, -0.1) is 0 Å². The fourth-order valence-electron chi connectivity index (χ4n) is 2.89. The summed E-state index contributed by atoms with van der Waals surface area (Å²) in [5.74, 6) is 1.62. The number of aryl methyl sites for hydroxylation is 1. The number of aromatic nitrogens is 2. The van der Waals surface area contributed by atoms with Crippen LogP contribution in [0.25, 0.3) is 11.0 Å². The van der Waals surface area contributed by atoms with Crippen molar-refractivity contribution in [2.75, 3.05) is 11.5 Å². The summed E-state index contributed by atoms with van der Waals surface area (Å²) in [4.78, 5) is 7.79. The maximum atomic E-state index is 12.3. The molecule has 1 saturated carbocycles. The first-order valence-electron chi connectivity index (χ1n) is 7.34. The number of nitrogens with two attached hydrogens (primary N) is 1. The highest BCUT2D eigenvalue weighted by Crippen LogP contribution is 2.22. The van der Waals surface area contributed by atoms with Crippen molar-refractivity contribution < 1.29 is 4.21 Å². The van der Waals surface area contributed by atoms with Gasteiger partial charge in [0.1, 0.15) is 5.82 Å². The summed E-state index contributed by atoms with van der Waals surface area (Å²) in [6, 6.07) is 5.67. The van der Waals surface area contributed by atoms with Crippen molar-refractivity contribution in [2.24, 2.45) is 0 Å². The molecule has 1 aromatic carbocycles. The number of H-pyrrole nitrogens is 1. The standard InChI is InChI=1S/C15H21N3OS/c16-11-6-7-13-14(10-11)18-15(17-13)8-9-20(19)12-4-2-1-3-5-12/h6-7,10,12H,1-5,8-9,16H2,(H,17,18). The zero-order valence-corrected chi connectivity index (χ0v) is 12.4. The van der Waals surface area contributed by atoms with E-state index in [1.807, 2.05) is 18.2 Å². The summed E-state index contributed by atoms with van der Waals surface area (Å²) in [5, 5.41) is 0.406. The smallest absolute Gasteiger partial charge is 0.108 e. The SMILES string of the molecule is Nc1ccc2nc(CCS(=O)C3CCCCC3)[nH]c2c1. The van der Waals surface area contributed by atoms with Gasteiger partial charge in [0.2, 0.25) is 0 Å². The number of nitrogen functional groups attached to an aromatic ring is 1. The molecule has 20 heavy (non-hydrogen) atoms. The molecular weight excluding hydrogens is 270 g/mol. The highest BCUT2D eigenvalue weighted by Gasteiger charge is 2.19. The van der Waals surface area contributed by atoms with Crippen LogP contribution in [0.2, 0.25) is 0 Å². The van der Waals surface area contributed by atoms with Gasteiger partial charge in [-0.2, -0.15) is 0 Å². The molecule has 4 nitrogen and oxygen atoms in total. The van der Waals surface area contributed by atoms with E-state index in [4.69, 9.17) is 5.73 Å². The molecule has 0 bridgehead atoms. The zero-order chi connectivity index (χ0) is 13.9. The largest absolute Gasteiger partial charge is 0.399 e. The van der Waals surface area contributed by atoms with E-state index in [9.17, 15) is 4.21 Å². The number of rotatable bonds is 4. The van der Waals surface area contributed by atoms with Gasteiger partial charge in [-0.25, -0.2) is 4.98 Å². The quantitative estimate of drug-likeness (QED) is 0.851. The monoisotopic (exact) mass is 291 g/mol. The number of nitrogens with zero attached hydrogens (tertiary/aromatic N) is 1. The van der Waals surface area contributed by atoms with Gasteiger partial charge in [-0.3, -0.25) is 4.21 Å². The number of hydrogen-bond acceptors (Lipinski definition) is 3. The molecule has 0 saturated heterocycles. The highest BCUT2D eigenvalue weighted by molar-refractivity contribution is 7.85. The van der Waals surface area contributed by atoms with E-state index < -0.39 is 10.8 Å². The summed E-state index contributed by atoms with van der Waals surface area (Å²) < 4.78 is 12.3. The number of benzene rings is 1. The molecule has 108 valence electrons. The third-order valence-electron chi connectivity index (χ3n) is 4.02. The molecule has 1 aliphatic rings. The van der Waals surface area contributed by atoms with Crippen LogP contribution in [0, 0.1) is 0 Å². The van der Waals surface area contributed by atoms with E-state index in [2.05, 4.69) is 9.97 Å². The van der Waals surface area contributed by atoms with Crippen LogP contribution in [0.4, 0.5) is 5.69 Å². The molecule has 0 amide bonds. The molecule has 1 aliphatic carbocycles. The van der Waals surface area contributed by atoms with Crippen molar-refractivity contribution in [3.8, 4) is 0 Å².